The molecule has 0 aliphatic heterocycles. The maximum atomic E-state index is 10.3. The lowest BCUT2D eigenvalue weighted by Crippen LogP contribution is -2.40. The van der Waals surface area contributed by atoms with Gasteiger partial charge in [0.2, 0.25) is 0 Å². The van der Waals surface area contributed by atoms with Crippen LogP contribution in [-0.2, 0) is 16.6 Å². The van der Waals surface area contributed by atoms with E-state index in [1.807, 2.05) is 6.92 Å². The van der Waals surface area contributed by atoms with Gasteiger partial charge in [-0.3, -0.25) is 0 Å². The van der Waals surface area contributed by atoms with Gasteiger partial charge in [0.25, 0.3) is 0 Å². The number of nitrogens with zero attached hydrogens (tertiary/aromatic N) is 1. The van der Waals surface area contributed by atoms with E-state index in [-0.39, 0.29) is 5.41 Å². The van der Waals surface area contributed by atoms with E-state index in [9.17, 15) is 10.4 Å². The molecule has 2 rings (SSSR count). The van der Waals surface area contributed by atoms with Crippen LogP contribution < -0.4 is 0 Å². The second-order valence-corrected chi connectivity index (χ2v) is 5.87. The Morgan fingerprint density at radius 3 is 2.62 bits per heavy atom. The smallest absolute Gasteiger partial charge is 0.171 e. The number of nitriles is 1. The van der Waals surface area contributed by atoms with Crippen molar-refractivity contribution in [3.63, 3.8) is 0 Å². The van der Waals surface area contributed by atoms with Crippen molar-refractivity contribution in [3.05, 3.63) is 35.4 Å². The molecule has 0 bridgehead atoms. The van der Waals surface area contributed by atoms with Gasteiger partial charge in [-0.25, -0.2) is 0 Å². The molecule has 0 heterocycles. The van der Waals surface area contributed by atoms with E-state index in [1.165, 1.54) is 11.1 Å². The second kappa shape index (κ2) is 7.06. The molecule has 1 fully saturated rings. The molecule has 3 nitrogen and oxygen atoms in total. The average Bonchev–Trinajstić information content (AvgIpc) is 2.99. The summed E-state index contributed by atoms with van der Waals surface area (Å²) >= 11 is 0. The Kier molecular flexibility index (Phi) is 5.39. The van der Waals surface area contributed by atoms with E-state index in [1.54, 1.807) is 0 Å². The van der Waals surface area contributed by atoms with Gasteiger partial charge in [0.15, 0.2) is 6.29 Å². The fourth-order valence-electron chi connectivity index (χ4n) is 3.61. The minimum atomic E-state index is -1.01. The zero-order valence-electron chi connectivity index (χ0n) is 13.0. The Morgan fingerprint density at radius 2 is 2.05 bits per heavy atom. The molecule has 1 saturated carbocycles. The average molecular weight is 287 g/mol. The summed E-state index contributed by atoms with van der Waals surface area (Å²) in [4.78, 5) is 0. The van der Waals surface area contributed by atoms with E-state index in [0.29, 0.717) is 6.61 Å². The summed E-state index contributed by atoms with van der Waals surface area (Å²) in [7, 11) is 0. The van der Waals surface area contributed by atoms with Gasteiger partial charge >= 0.3 is 0 Å². The molecule has 2 unspecified atom stereocenters. The SMILES string of the molecule is CCOC(O)C(C#N)C1(c2cccc(CC)c2)CCCC1. The molecule has 1 aromatic rings. The fraction of sp³-hybridized carbons (Fsp3) is 0.611. The number of aliphatic hydroxyl groups is 1. The molecule has 1 aliphatic carbocycles. The normalized spacial score (nSPS) is 19.9. The minimum absolute atomic E-state index is 0.269. The van der Waals surface area contributed by atoms with Crippen LogP contribution in [0.2, 0.25) is 0 Å². The Hall–Kier alpha value is -1.37. The van der Waals surface area contributed by atoms with Crippen molar-refractivity contribution in [1.82, 2.24) is 0 Å². The Bertz CT molecular complexity index is 500. The number of aryl methyl sites for hydroxylation is 1. The highest BCUT2D eigenvalue weighted by Crippen LogP contribution is 2.48. The number of benzene rings is 1. The molecule has 1 N–H and O–H groups in total. The van der Waals surface area contributed by atoms with Gasteiger partial charge in [-0.15, -0.1) is 0 Å². The molecule has 21 heavy (non-hydrogen) atoms. The molecule has 3 heteroatoms. The fourth-order valence-corrected chi connectivity index (χ4v) is 3.61. The Morgan fingerprint density at radius 1 is 1.33 bits per heavy atom. The first-order valence-corrected chi connectivity index (χ1v) is 7.96. The Balaban J connectivity index is 2.41. The lowest BCUT2D eigenvalue weighted by Gasteiger charge is -2.36. The van der Waals surface area contributed by atoms with Gasteiger partial charge in [-0.1, -0.05) is 44.0 Å². The van der Waals surface area contributed by atoms with Crippen molar-refractivity contribution in [3.8, 4) is 6.07 Å². The molecule has 2 atom stereocenters. The molecule has 0 spiro atoms. The molecular formula is C18H25NO2. The molecule has 1 aliphatic rings. The molecule has 0 saturated heterocycles. The molecule has 0 radical (unpaired) electrons. The molecule has 0 amide bonds. The van der Waals surface area contributed by atoms with E-state index < -0.39 is 12.2 Å². The topological polar surface area (TPSA) is 53.2 Å². The number of hydrogen-bond donors (Lipinski definition) is 1. The number of hydrogen-bond acceptors (Lipinski definition) is 3. The van der Waals surface area contributed by atoms with Crippen LogP contribution >= 0.6 is 0 Å². The van der Waals surface area contributed by atoms with Gasteiger partial charge in [0, 0.05) is 12.0 Å². The largest absolute Gasteiger partial charge is 0.367 e. The Labute approximate surface area is 127 Å². The van der Waals surface area contributed by atoms with Crippen molar-refractivity contribution in [1.29, 1.82) is 5.26 Å². The van der Waals surface area contributed by atoms with Crippen molar-refractivity contribution < 1.29 is 9.84 Å². The van der Waals surface area contributed by atoms with Crippen LogP contribution in [0, 0.1) is 17.2 Å². The summed E-state index contributed by atoms with van der Waals surface area (Å²) in [5, 5.41) is 19.9. The van der Waals surface area contributed by atoms with Crippen molar-refractivity contribution in [2.45, 2.75) is 57.7 Å². The van der Waals surface area contributed by atoms with Crippen molar-refractivity contribution in [2.75, 3.05) is 6.61 Å². The lowest BCUT2D eigenvalue weighted by atomic mass is 9.68. The quantitative estimate of drug-likeness (QED) is 0.814. The summed E-state index contributed by atoms with van der Waals surface area (Å²) in [5.74, 6) is -0.507. The highest BCUT2D eigenvalue weighted by molar-refractivity contribution is 5.34. The summed E-state index contributed by atoms with van der Waals surface area (Å²) in [6.45, 7) is 4.40. The summed E-state index contributed by atoms with van der Waals surface area (Å²) in [5.41, 5.74) is 2.19. The number of ether oxygens (including phenoxy) is 1. The minimum Gasteiger partial charge on any atom is -0.367 e. The summed E-state index contributed by atoms with van der Waals surface area (Å²) in [6.07, 6.45) is 4.07. The van der Waals surface area contributed by atoms with Gasteiger partial charge in [0.1, 0.15) is 5.92 Å². The van der Waals surface area contributed by atoms with Crippen LogP contribution in [0.4, 0.5) is 0 Å². The number of aliphatic hydroxyl groups excluding tert-OH is 1. The summed E-state index contributed by atoms with van der Waals surface area (Å²) in [6, 6.07) is 10.8. The van der Waals surface area contributed by atoms with E-state index >= 15 is 0 Å². The van der Waals surface area contributed by atoms with E-state index in [0.717, 1.165) is 32.1 Å². The third-order valence-corrected chi connectivity index (χ3v) is 4.76. The summed E-state index contributed by atoms with van der Waals surface area (Å²) < 4.78 is 5.34. The van der Waals surface area contributed by atoms with E-state index in [4.69, 9.17) is 4.74 Å². The second-order valence-electron chi connectivity index (χ2n) is 5.87. The third kappa shape index (κ3) is 3.12. The van der Waals surface area contributed by atoms with Crippen LogP contribution in [0.5, 0.6) is 0 Å². The molecule has 1 aromatic carbocycles. The first kappa shape index (κ1) is 16.0. The number of rotatable bonds is 6. The molecule has 114 valence electrons. The van der Waals surface area contributed by atoms with Crippen LogP contribution in [-0.4, -0.2) is 18.0 Å². The van der Waals surface area contributed by atoms with Crippen molar-refractivity contribution in [2.24, 2.45) is 5.92 Å². The molecule has 0 aromatic heterocycles. The maximum absolute atomic E-state index is 10.3. The van der Waals surface area contributed by atoms with Crippen LogP contribution in [0.15, 0.2) is 24.3 Å². The zero-order valence-corrected chi connectivity index (χ0v) is 13.0. The van der Waals surface area contributed by atoms with Gasteiger partial charge in [-0.2, -0.15) is 5.26 Å². The monoisotopic (exact) mass is 287 g/mol. The van der Waals surface area contributed by atoms with E-state index in [2.05, 4.69) is 37.3 Å². The van der Waals surface area contributed by atoms with Crippen LogP contribution in [0.3, 0.4) is 0 Å². The van der Waals surface area contributed by atoms with Crippen LogP contribution in [0.25, 0.3) is 0 Å². The van der Waals surface area contributed by atoms with Gasteiger partial charge < -0.3 is 9.84 Å². The lowest BCUT2D eigenvalue weighted by molar-refractivity contribution is -0.133. The molecular weight excluding hydrogens is 262 g/mol. The standard InChI is InChI=1S/C18H25NO2/c1-3-14-8-7-9-15(12-14)18(10-5-6-11-18)16(13-19)17(20)21-4-2/h7-9,12,16-17,20H,3-6,10-11H2,1-2H3. The maximum Gasteiger partial charge on any atom is 0.171 e. The highest BCUT2D eigenvalue weighted by Gasteiger charge is 2.46. The highest BCUT2D eigenvalue weighted by atomic mass is 16.6. The van der Waals surface area contributed by atoms with Crippen molar-refractivity contribution >= 4 is 0 Å². The predicted octanol–water partition coefficient (Wildman–Crippen LogP) is 3.56. The van der Waals surface area contributed by atoms with Gasteiger partial charge in [-0.05, 0) is 37.3 Å². The predicted molar refractivity (Wildman–Crippen MR) is 82.7 cm³/mol. The van der Waals surface area contributed by atoms with Gasteiger partial charge in [0.05, 0.1) is 6.07 Å². The first-order valence-electron chi connectivity index (χ1n) is 7.96. The first-order chi connectivity index (χ1) is 10.2. The zero-order chi connectivity index (χ0) is 15.3. The van der Waals surface area contributed by atoms with Crippen LogP contribution in [0.1, 0.15) is 50.7 Å². The third-order valence-electron chi connectivity index (χ3n) is 4.76.